The number of carboxylic acids is 1. The maximum absolute atomic E-state index is 12.0. The van der Waals surface area contributed by atoms with Gasteiger partial charge in [0.2, 0.25) is 15.9 Å². The monoisotopic (exact) mass is 292 g/mol. The Morgan fingerprint density at radius 1 is 1.47 bits per heavy atom. The molecule has 0 aliphatic carbocycles. The molecular weight excluding hydrogens is 272 g/mol. The van der Waals surface area contributed by atoms with Gasteiger partial charge in [-0.2, -0.15) is 4.31 Å². The highest BCUT2D eigenvalue weighted by Crippen LogP contribution is 2.22. The molecule has 0 saturated carbocycles. The second kappa shape index (κ2) is 6.33. The summed E-state index contributed by atoms with van der Waals surface area (Å²) in [6.07, 6.45) is 1.53. The maximum Gasteiger partial charge on any atom is 0.325 e. The minimum absolute atomic E-state index is 0.00522. The fourth-order valence-electron chi connectivity index (χ4n) is 2.08. The van der Waals surface area contributed by atoms with Crippen LogP contribution in [0.2, 0.25) is 0 Å². The van der Waals surface area contributed by atoms with E-state index in [2.05, 4.69) is 5.32 Å². The van der Waals surface area contributed by atoms with Gasteiger partial charge in [0.1, 0.15) is 12.1 Å². The molecule has 1 fully saturated rings. The highest BCUT2D eigenvalue weighted by molar-refractivity contribution is 7.89. The van der Waals surface area contributed by atoms with Gasteiger partial charge in [0.05, 0.1) is 5.75 Å². The van der Waals surface area contributed by atoms with E-state index in [0.29, 0.717) is 25.8 Å². The molecule has 1 aliphatic heterocycles. The number of aliphatic carboxylic acids is 1. The van der Waals surface area contributed by atoms with Gasteiger partial charge in [-0.05, 0) is 26.2 Å². The predicted molar refractivity (Wildman–Crippen MR) is 69.0 cm³/mol. The molecule has 0 radical (unpaired) electrons. The first kappa shape index (κ1) is 15.9. The summed E-state index contributed by atoms with van der Waals surface area (Å²) in [6, 6.07) is -1.80. The molecule has 1 aliphatic rings. The van der Waals surface area contributed by atoms with Gasteiger partial charge in [-0.1, -0.05) is 6.92 Å². The van der Waals surface area contributed by atoms with Crippen molar-refractivity contribution in [3.8, 4) is 0 Å². The third-order valence-electron chi connectivity index (χ3n) is 3.05. The highest BCUT2D eigenvalue weighted by Gasteiger charge is 2.38. The topological polar surface area (TPSA) is 104 Å². The Kier molecular flexibility index (Phi) is 5.30. The third kappa shape index (κ3) is 3.90. The fourth-order valence-corrected chi connectivity index (χ4v) is 3.83. The SMILES string of the molecule is CCCS(=O)(=O)N1CCCC1C(=O)NC(C)C(=O)O. The van der Waals surface area contributed by atoms with Crippen LogP contribution < -0.4 is 5.32 Å². The lowest BCUT2D eigenvalue weighted by Gasteiger charge is -2.23. The van der Waals surface area contributed by atoms with E-state index in [1.165, 1.54) is 11.2 Å². The van der Waals surface area contributed by atoms with Gasteiger partial charge < -0.3 is 10.4 Å². The minimum atomic E-state index is -3.44. The van der Waals surface area contributed by atoms with Crippen LogP contribution >= 0.6 is 0 Å². The fraction of sp³-hybridized carbons (Fsp3) is 0.818. The number of rotatable bonds is 6. The van der Waals surface area contributed by atoms with Crippen molar-refractivity contribution in [2.45, 2.75) is 45.2 Å². The largest absolute Gasteiger partial charge is 0.480 e. The van der Waals surface area contributed by atoms with Gasteiger partial charge in [0.15, 0.2) is 0 Å². The van der Waals surface area contributed by atoms with Crippen LogP contribution in [0.3, 0.4) is 0 Å². The summed E-state index contributed by atoms with van der Waals surface area (Å²) < 4.78 is 25.2. The minimum Gasteiger partial charge on any atom is -0.480 e. The Morgan fingerprint density at radius 2 is 2.11 bits per heavy atom. The Balaban J connectivity index is 2.76. The summed E-state index contributed by atoms with van der Waals surface area (Å²) in [5.74, 6) is -1.67. The van der Waals surface area contributed by atoms with Crippen LogP contribution in [0.5, 0.6) is 0 Å². The lowest BCUT2D eigenvalue weighted by Crippen LogP contribution is -2.50. The average molecular weight is 292 g/mol. The van der Waals surface area contributed by atoms with Crippen molar-refractivity contribution >= 4 is 21.9 Å². The molecule has 0 aromatic carbocycles. The summed E-state index contributed by atoms with van der Waals surface area (Å²) in [5.41, 5.74) is 0. The number of hydrogen-bond acceptors (Lipinski definition) is 4. The Morgan fingerprint density at radius 3 is 2.63 bits per heavy atom. The molecule has 0 aromatic heterocycles. The summed E-state index contributed by atoms with van der Waals surface area (Å²) >= 11 is 0. The Bertz CT molecular complexity index is 448. The van der Waals surface area contributed by atoms with Crippen LogP contribution in [-0.4, -0.2) is 54.1 Å². The van der Waals surface area contributed by atoms with Crippen LogP contribution in [0.15, 0.2) is 0 Å². The molecule has 2 unspecified atom stereocenters. The molecule has 1 saturated heterocycles. The van der Waals surface area contributed by atoms with Crippen molar-refractivity contribution in [3.63, 3.8) is 0 Å². The van der Waals surface area contributed by atoms with E-state index in [9.17, 15) is 18.0 Å². The molecule has 0 aromatic rings. The van der Waals surface area contributed by atoms with Crippen LogP contribution in [0.25, 0.3) is 0 Å². The Labute approximate surface area is 113 Å². The van der Waals surface area contributed by atoms with Crippen molar-refractivity contribution in [2.75, 3.05) is 12.3 Å². The van der Waals surface area contributed by atoms with Crippen LogP contribution in [0.4, 0.5) is 0 Å². The molecule has 1 amide bonds. The van der Waals surface area contributed by atoms with E-state index in [1.54, 1.807) is 6.92 Å². The summed E-state index contributed by atoms with van der Waals surface area (Å²) in [6.45, 7) is 3.43. The summed E-state index contributed by atoms with van der Waals surface area (Å²) in [7, 11) is -3.44. The third-order valence-corrected chi connectivity index (χ3v) is 5.13. The zero-order valence-electron chi connectivity index (χ0n) is 11.1. The van der Waals surface area contributed by atoms with E-state index in [1.807, 2.05) is 0 Å². The average Bonchev–Trinajstić information content (AvgIpc) is 2.78. The molecule has 2 atom stereocenters. The van der Waals surface area contributed by atoms with Crippen molar-refractivity contribution < 1.29 is 23.1 Å². The smallest absolute Gasteiger partial charge is 0.325 e. The maximum atomic E-state index is 12.0. The first-order chi connectivity index (χ1) is 8.79. The number of carboxylic acid groups (broad SMARTS) is 1. The van der Waals surface area contributed by atoms with E-state index < -0.39 is 34.0 Å². The van der Waals surface area contributed by atoms with Gasteiger partial charge in [-0.25, -0.2) is 8.42 Å². The number of hydrogen-bond donors (Lipinski definition) is 2. The number of carbonyl (C=O) groups excluding carboxylic acids is 1. The molecule has 8 heteroatoms. The van der Waals surface area contributed by atoms with Gasteiger partial charge in [0, 0.05) is 6.54 Å². The van der Waals surface area contributed by atoms with Gasteiger partial charge >= 0.3 is 5.97 Å². The van der Waals surface area contributed by atoms with Crippen molar-refractivity contribution in [3.05, 3.63) is 0 Å². The molecule has 19 heavy (non-hydrogen) atoms. The first-order valence-corrected chi connectivity index (χ1v) is 7.93. The van der Waals surface area contributed by atoms with E-state index >= 15 is 0 Å². The number of carbonyl (C=O) groups is 2. The zero-order valence-corrected chi connectivity index (χ0v) is 11.9. The zero-order chi connectivity index (χ0) is 14.6. The molecule has 2 N–H and O–H groups in total. The van der Waals surface area contributed by atoms with E-state index in [0.717, 1.165) is 0 Å². The molecule has 1 rings (SSSR count). The summed E-state index contributed by atoms with van der Waals surface area (Å²) in [5, 5.41) is 11.1. The summed E-state index contributed by atoms with van der Waals surface area (Å²) in [4.78, 5) is 22.6. The van der Waals surface area contributed by atoms with Crippen LogP contribution in [0.1, 0.15) is 33.1 Å². The highest BCUT2D eigenvalue weighted by atomic mass is 32.2. The van der Waals surface area contributed by atoms with Gasteiger partial charge in [0.25, 0.3) is 0 Å². The van der Waals surface area contributed by atoms with Crippen molar-refractivity contribution in [1.29, 1.82) is 0 Å². The predicted octanol–water partition coefficient (Wildman–Crippen LogP) is -0.220. The second-order valence-corrected chi connectivity index (χ2v) is 6.69. The Hall–Kier alpha value is -1.15. The number of nitrogens with one attached hydrogen (secondary N) is 1. The number of amides is 1. The number of sulfonamides is 1. The lowest BCUT2D eigenvalue weighted by molar-refractivity contribution is -0.141. The molecule has 1 heterocycles. The second-order valence-electron chi connectivity index (χ2n) is 4.65. The quantitative estimate of drug-likeness (QED) is 0.704. The van der Waals surface area contributed by atoms with Crippen LogP contribution in [-0.2, 0) is 19.6 Å². The standard InChI is InChI=1S/C11H20N2O5S/c1-3-7-19(17,18)13-6-4-5-9(13)10(14)12-8(2)11(15)16/h8-9H,3-7H2,1-2H3,(H,12,14)(H,15,16). The lowest BCUT2D eigenvalue weighted by atomic mass is 10.2. The molecule has 0 spiro atoms. The molecule has 0 bridgehead atoms. The first-order valence-electron chi connectivity index (χ1n) is 6.32. The number of nitrogens with zero attached hydrogens (tertiary/aromatic N) is 1. The normalized spacial score (nSPS) is 22.1. The van der Waals surface area contributed by atoms with Crippen molar-refractivity contribution in [2.24, 2.45) is 0 Å². The van der Waals surface area contributed by atoms with E-state index in [-0.39, 0.29) is 5.75 Å². The van der Waals surface area contributed by atoms with Gasteiger partial charge in [-0.3, -0.25) is 9.59 Å². The molecule has 110 valence electrons. The molecule has 7 nitrogen and oxygen atoms in total. The van der Waals surface area contributed by atoms with Gasteiger partial charge in [-0.15, -0.1) is 0 Å². The van der Waals surface area contributed by atoms with Crippen molar-refractivity contribution in [1.82, 2.24) is 9.62 Å². The van der Waals surface area contributed by atoms with E-state index in [4.69, 9.17) is 5.11 Å². The molecular formula is C11H20N2O5S. The van der Waals surface area contributed by atoms with Crippen LogP contribution in [0, 0.1) is 0 Å².